The van der Waals surface area contributed by atoms with Crippen LogP contribution in [0.5, 0.6) is 5.75 Å². The topological polar surface area (TPSA) is 84.7 Å². The monoisotopic (exact) mass is 479 g/mol. The number of halogens is 1. The van der Waals surface area contributed by atoms with Gasteiger partial charge in [0.2, 0.25) is 0 Å². The van der Waals surface area contributed by atoms with Crippen LogP contribution in [0.25, 0.3) is 0 Å². The molecule has 0 saturated heterocycles. The Morgan fingerprint density at radius 2 is 2.03 bits per heavy atom. The van der Waals surface area contributed by atoms with E-state index >= 15 is 0 Å². The number of nitrogens with zero attached hydrogens (tertiary/aromatic N) is 2. The third kappa shape index (κ3) is 4.62. The summed E-state index contributed by atoms with van der Waals surface area (Å²) in [4.78, 5) is 31.4. The van der Waals surface area contributed by atoms with Crippen LogP contribution < -0.4 is 15.0 Å². The molecule has 2 aromatic carbocycles. The third-order valence-corrected chi connectivity index (χ3v) is 6.28. The molecule has 0 fully saturated rings. The number of hydrogen-bond acceptors (Lipinski definition) is 6. The van der Waals surface area contributed by atoms with E-state index in [9.17, 15) is 9.59 Å². The van der Waals surface area contributed by atoms with Crippen LogP contribution in [0.2, 0.25) is 5.02 Å². The number of aromatic nitrogens is 1. The van der Waals surface area contributed by atoms with Crippen molar-refractivity contribution < 1.29 is 18.7 Å². The lowest BCUT2D eigenvalue weighted by molar-refractivity contribution is 0.0986. The molecule has 9 heteroatoms. The van der Waals surface area contributed by atoms with Gasteiger partial charge in [-0.1, -0.05) is 11.6 Å². The van der Waals surface area contributed by atoms with Gasteiger partial charge in [0.25, 0.3) is 11.8 Å². The Labute approximate surface area is 198 Å². The highest BCUT2D eigenvalue weighted by Gasteiger charge is 2.26. The fourth-order valence-electron chi connectivity index (χ4n) is 3.58. The Bertz CT molecular complexity index is 1300. The Balaban J connectivity index is 1.22. The zero-order valence-electron chi connectivity index (χ0n) is 17.3. The van der Waals surface area contributed by atoms with Gasteiger partial charge >= 0.3 is 0 Å². The van der Waals surface area contributed by atoms with E-state index in [-0.39, 0.29) is 18.4 Å². The largest absolute Gasteiger partial charge is 0.486 e. The lowest BCUT2D eigenvalue weighted by atomic mass is 10.1. The van der Waals surface area contributed by atoms with Crippen molar-refractivity contribution in [2.24, 2.45) is 0 Å². The molecule has 0 aliphatic carbocycles. The van der Waals surface area contributed by atoms with Gasteiger partial charge in [0.15, 0.2) is 0 Å². The first kappa shape index (κ1) is 21.2. The highest BCUT2D eigenvalue weighted by molar-refractivity contribution is 7.09. The molecule has 7 nitrogen and oxygen atoms in total. The van der Waals surface area contributed by atoms with Crippen LogP contribution in [-0.2, 0) is 13.0 Å². The van der Waals surface area contributed by atoms with Crippen LogP contribution in [0.4, 0.5) is 11.4 Å². The third-order valence-electron chi connectivity index (χ3n) is 5.21. The van der Waals surface area contributed by atoms with E-state index in [0.717, 1.165) is 11.3 Å². The lowest BCUT2D eigenvalue weighted by Gasteiger charge is -2.16. The minimum atomic E-state index is -0.298. The molecule has 0 atom stereocenters. The SMILES string of the molecule is O=C(Nc1ccc2c(c1)CCN2C(=O)c1ccoc1)c1csc(COc2ccc(Cl)cc2)n1. The maximum Gasteiger partial charge on any atom is 0.275 e. The molecular formula is C24H18ClN3O4S. The molecule has 1 N–H and O–H groups in total. The minimum absolute atomic E-state index is 0.102. The molecule has 0 spiro atoms. The molecule has 166 valence electrons. The second-order valence-electron chi connectivity index (χ2n) is 7.39. The Hall–Kier alpha value is -3.62. The predicted octanol–water partition coefficient (Wildman–Crippen LogP) is 5.42. The van der Waals surface area contributed by atoms with Gasteiger partial charge in [-0.25, -0.2) is 4.98 Å². The molecule has 33 heavy (non-hydrogen) atoms. The first-order valence-electron chi connectivity index (χ1n) is 10.2. The quantitative estimate of drug-likeness (QED) is 0.399. The van der Waals surface area contributed by atoms with Crippen molar-refractivity contribution in [1.82, 2.24) is 4.98 Å². The second kappa shape index (κ2) is 9.09. The summed E-state index contributed by atoms with van der Waals surface area (Å²) in [6.45, 7) is 0.846. The Kier molecular flexibility index (Phi) is 5.85. The van der Waals surface area contributed by atoms with E-state index in [4.69, 9.17) is 20.8 Å². The van der Waals surface area contributed by atoms with E-state index in [0.29, 0.717) is 45.7 Å². The normalized spacial score (nSPS) is 12.5. The molecule has 0 radical (unpaired) electrons. The molecule has 2 aromatic heterocycles. The van der Waals surface area contributed by atoms with Crippen LogP contribution in [0.15, 0.2) is 70.9 Å². The molecule has 2 amide bonds. The molecule has 4 aromatic rings. The van der Waals surface area contributed by atoms with Crippen LogP contribution in [0.1, 0.15) is 31.4 Å². The van der Waals surface area contributed by atoms with E-state index in [1.807, 2.05) is 12.1 Å². The summed E-state index contributed by atoms with van der Waals surface area (Å²) in [5.41, 5.74) is 3.34. The molecule has 5 rings (SSSR count). The summed E-state index contributed by atoms with van der Waals surface area (Å²) in [5.74, 6) is 0.280. The molecule has 3 heterocycles. The zero-order valence-corrected chi connectivity index (χ0v) is 18.9. The number of ether oxygens (including phenoxy) is 1. The molecule has 0 saturated carbocycles. The number of furan rings is 1. The number of carbonyl (C=O) groups is 2. The summed E-state index contributed by atoms with van der Waals surface area (Å²) in [6, 6.07) is 14.2. The number of benzene rings is 2. The smallest absolute Gasteiger partial charge is 0.275 e. The van der Waals surface area contributed by atoms with Crippen molar-refractivity contribution in [3.05, 3.63) is 93.3 Å². The van der Waals surface area contributed by atoms with Crippen LogP contribution in [0.3, 0.4) is 0 Å². The fraction of sp³-hybridized carbons (Fsp3) is 0.125. The average molecular weight is 480 g/mol. The number of thiazole rings is 1. The van der Waals surface area contributed by atoms with Crippen molar-refractivity contribution >= 4 is 46.1 Å². The molecular weight excluding hydrogens is 462 g/mol. The zero-order chi connectivity index (χ0) is 22.8. The predicted molar refractivity (Wildman–Crippen MR) is 126 cm³/mol. The highest BCUT2D eigenvalue weighted by Crippen LogP contribution is 2.32. The number of nitrogens with one attached hydrogen (secondary N) is 1. The van der Waals surface area contributed by atoms with Gasteiger partial charge in [-0.3, -0.25) is 9.59 Å². The van der Waals surface area contributed by atoms with E-state index in [1.54, 1.807) is 46.7 Å². The van der Waals surface area contributed by atoms with Crippen molar-refractivity contribution in [1.29, 1.82) is 0 Å². The maximum atomic E-state index is 12.7. The van der Waals surface area contributed by atoms with Crippen molar-refractivity contribution in [3.8, 4) is 5.75 Å². The molecule has 1 aliphatic heterocycles. The number of anilines is 2. The molecule has 1 aliphatic rings. The second-order valence-corrected chi connectivity index (χ2v) is 8.76. The lowest BCUT2D eigenvalue weighted by Crippen LogP contribution is -2.28. The summed E-state index contributed by atoms with van der Waals surface area (Å²) >= 11 is 7.23. The van der Waals surface area contributed by atoms with Crippen LogP contribution in [0, 0.1) is 0 Å². The number of hydrogen-bond donors (Lipinski definition) is 1. The number of carbonyl (C=O) groups excluding carboxylic acids is 2. The Morgan fingerprint density at radius 3 is 2.82 bits per heavy atom. The van der Waals surface area contributed by atoms with Gasteiger partial charge in [0.1, 0.15) is 29.3 Å². The molecule has 0 bridgehead atoms. The summed E-state index contributed by atoms with van der Waals surface area (Å²) in [6.07, 6.45) is 3.64. The minimum Gasteiger partial charge on any atom is -0.486 e. The standard InChI is InChI=1S/C24H18ClN3O4S/c25-17-1-4-19(5-2-17)32-13-22-27-20(14-33-22)23(29)26-18-3-6-21-15(11-18)7-9-28(21)24(30)16-8-10-31-12-16/h1-6,8,10-12,14H,7,9,13H2,(H,26,29). The molecule has 0 unspecified atom stereocenters. The van der Waals surface area contributed by atoms with E-state index in [2.05, 4.69) is 10.3 Å². The van der Waals surface area contributed by atoms with E-state index in [1.165, 1.54) is 23.9 Å². The number of rotatable bonds is 6. The van der Waals surface area contributed by atoms with Crippen LogP contribution >= 0.6 is 22.9 Å². The van der Waals surface area contributed by atoms with Gasteiger partial charge in [-0.05, 0) is 60.5 Å². The summed E-state index contributed by atoms with van der Waals surface area (Å²) in [7, 11) is 0. The van der Waals surface area contributed by atoms with Crippen LogP contribution in [-0.4, -0.2) is 23.3 Å². The average Bonchev–Trinajstić information content (AvgIpc) is 3.59. The fourth-order valence-corrected chi connectivity index (χ4v) is 4.40. The number of amides is 2. The maximum absolute atomic E-state index is 12.7. The van der Waals surface area contributed by atoms with Gasteiger partial charge < -0.3 is 19.4 Å². The Morgan fingerprint density at radius 1 is 1.18 bits per heavy atom. The van der Waals surface area contributed by atoms with Gasteiger partial charge in [0.05, 0.1) is 11.8 Å². The van der Waals surface area contributed by atoms with Crippen molar-refractivity contribution in [2.75, 3.05) is 16.8 Å². The van der Waals surface area contributed by atoms with Gasteiger partial charge in [-0.2, -0.15) is 0 Å². The van der Waals surface area contributed by atoms with Crippen molar-refractivity contribution in [2.45, 2.75) is 13.0 Å². The summed E-state index contributed by atoms with van der Waals surface area (Å²) in [5, 5.41) is 5.92. The van der Waals surface area contributed by atoms with Gasteiger partial charge in [0, 0.05) is 28.3 Å². The first-order valence-corrected chi connectivity index (χ1v) is 11.4. The first-order chi connectivity index (χ1) is 16.1. The number of fused-ring (bicyclic) bond motifs is 1. The summed E-state index contributed by atoms with van der Waals surface area (Å²) < 4.78 is 10.7. The van der Waals surface area contributed by atoms with Gasteiger partial charge in [-0.15, -0.1) is 11.3 Å². The highest BCUT2D eigenvalue weighted by atomic mass is 35.5. The van der Waals surface area contributed by atoms with Crippen molar-refractivity contribution in [3.63, 3.8) is 0 Å². The van der Waals surface area contributed by atoms with E-state index < -0.39 is 0 Å².